The Morgan fingerprint density at radius 1 is 1.40 bits per heavy atom. The zero-order valence-corrected chi connectivity index (χ0v) is 9.18. The number of sulfone groups is 1. The van der Waals surface area contributed by atoms with Crippen LogP contribution in [0.2, 0.25) is 0 Å². The lowest BCUT2D eigenvalue weighted by Gasteiger charge is -2.20. The summed E-state index contributed by atoms with van der Waals surface area (Å²) in [5.74, 6) is -0.688. The van der Waals surface area contributed by atoms with E-state index < -0.39 is 20.4 Å². The molecule has 0 bridgehead atoms. The predicted molar refractivity (Wildman–Crippen MR) is 54.2 cm³/mol. The van der Waals surface area contributed by atoms with Crippen molar-refractivity contribution < 1.29 is 12.8 Å². The summed E-state index contributed by atoms with van der Waals surface area (Å²) in [5, 5.41) is 8.90. The lowest BCUT2D eigenvalue weighted by molar-refractivity contribution is 0.557. The van der Waals surface area contributed by atoms with E-state index in [4.69, 9.17) is 5.26 Å². The van der Waals surface area contributed by atoms with Crippen molar-refractivity contribution in [3.63, 3.8) is 0 Å². The van der Waals surface area contributed by atoms with Gasteiger partial charge in [0.05, 0.1) is 6.07 Å². The summed E-state index contributed by atoms with van der Waals surface area (Å²) in [6.07, 6.45) is 0.919. The highest BCUT2D eigenvalue weighted by atomic mass is 32.2. The molecule has 5 heteroatoms. The molecule has 0 aliphatic heterocycles. The van der Waals surface area contributed by atoms with E-state index in [1.807, 2.05) is 0 Å². The van der Waals surface area contributed by atoms with Crippen molar-refractivity contribution >= 4 is 9.84 Å². The zero-order chi connectivity index (χ0) is 11.7. The molecule has 0 saturated carbocycles. The van der Waals surface area contributed by atoms with Gasteiger partial charge in [-0.05, 0) is 13.0 Å². The number of hydrogen-bond donors (Lipinski definition) is 0. The highest BCUT2D eigenvalue weighted by Crippen LogP contribution is 2.30. The molecule has 1 unspecified atom stereocenters. The fourth-order valence-electron chi connectivity index (χ4n) is 1.19. The van der Waals surface area contributed by atoms with Gasteiger partial charge < -0.3 is 0 Å². The van der Waals surface area contributed by atoms with Gasteiger partial charge in [0.15, 0.2) is 14.6 Å². The minimum absolute atomic E-state index is 0.116. The number of hydrogen-bond acceptors (Lipinski definition) is 3. The average molecular weight is 227 g/mol. The van der Waals surface area contributed by atoms with Gasteiger partial charge in [0.2, 0.25) is 0 Å². The number of halogens is 1. The van der Waals surface area contributed by atoms with Crippen LogP contribution >= 0.6 is 0 Å². The van der Waals surface area contributed by atoms with E-state index in [0.717, 1.165) is 12.3 Å². The van der Waals surface area contributed by atoms with Gasteiger partial charge in [0.25, 0.3) is 0 Å². The van der Waals surface area contributed by atoms with E-state index in [2.05, 4.69) is 0 Å². The number of benzene rings is 1. The maximum atomic E-state index is 13.4. The van der Waals surface area contributed by atoms with Crippen molar-refractivity contribution in [2.75, 3.05) is 6.26 Å². The van der Waals surface area contributed by atoms with Crippen LogP contribution in [0.4, 0.5) is 4.39 Å². The zero-order valence-electron chi connectivity index (χ0n) is 8.36. The van der Waals surface area contributed by atoms with Crippen LogP contribution in [0, 0.1) is 17.1 Å². The molecule has 1 aromatic carbocycles. The first kappa shape index (κ1) is 11.7. The second-order valence-corrected chi connectivity index (χ2v) is 5.76. The Morgan fingerprint density at radius 2 is 1.93 bits per heavy atom. The normalized spacial score (nSPS) is 15.3. The summed E-state index contributed by atoms with van der Waals surface area (Å²) in [7, 11) is -3.69. The lowest BCUT2D eigenvalue weighted by Crippen LogP contribution is -2.31. The Kier molecular flexibility index (Phi) is 2.82. The summed E-state index contributed by atoms with van der Waals surface area (Å²) in [6.45, 7) is 1.20. The molecule has 0 saturated heterocycles. The first-order valence-electron chi connectivity index (χ1n) is 4.19. The molecule has 0 fully saturated rings. The topological polar surface area (TPSA) is 57.9 Å². The number of nitrogens with zero attached hydrogens (tertiary/aromatic N) is 1. The second kappa shape index (κ2) is 3.63. The van der Waals surface area contributed by atoms with E-state index in [1.165, 1.54) is 25.1 Å². The predicted octanol–water partition coefficient (Wildman–Crippen LogP) is 1.61. The lowest BCUT2D eigenvalue weighted by atomic mass is 10.0. The monoisotopic (exact) mass is 227 g/mol. The summed E-state index contributed by atoms with van der Waals surface area (Å²) < 4.78 is 34.4. The molecule has 15 heavy (non-hydrogen) atoms. The Hall–Kier alpha value is -1.41. The molecule has 0 heterocycles. The van der Waals surface area contributed by atoms with Crippen molar-refractivity contribution in [2.45, 2.75) is 11.7 Å². The highest BCUT2D eigenvalue weighted by Gasteiger charge is 2.39. The largest absolute Gasteiger partial charge is 0.227 e. The molecular weight excluding hydrogens is 217 g/mol. The molecule has 1 rings (SSSR count). The maximum absolute atomic E-state index is 13.4. The molecule has 1 atom stereocenters. The standard InChI is InChI=1S/C10H10FNO2S/c1-10(7-12,15(2,13)14)8-5-3-4-6-9(8)11/h3-6H,1-2H3. The van der Waals surface area contributed by atoms with Gasteiger partial charge in [-0.15, -0.1) is 0 Å². The van der Waals surface area contributed by atoms with Gasteiger partial charge in [-0.3, -0.25) is 0 Å². The van der Waals surface area contributed by atoms with Gasteiger partial charge in [-0.1, -0.05) is 18.2 Å². The molecule has 0 spiro atoms. The molecule has 0 N–H and O–H groups in total. The third kappa shape index (κ3) is 1.85. The fraction of sp³-hybridized carbons (Fsp3) is 0.300. The van der Waals surface area contributed by atoms with Gasteiger partial charge >= 0.3 is 0 Å². The van der Waals surface area contributed by atoms with Crippen LogP contribution in [0.25, 0.3) is 0 Å². The van der Waals surface area contributed by atoms with Crippen molar-refractivity contribution in [3.05, 3.63) is 35.6 Å². The van der Waals surface area contributed by atoms with E-state index in [0.29, 0.717) is 0 Å². The molecule has 0 radical (unpaired) electrons. The SMILES string of the molecule is CC(C#N)(c1ccccc1F)S(C)(=O)=O. The van der Waals surface area contributed by atoms with Crippen LogP contribution in [0.1, 0.15) is 12.5 Å². The molecule has 1 aromatic rings. The minimum Gasteiger partial charge on any atom is -0.227 e. The first-order chi connectivity index (χ1) is 6.83. The van der Waals surface area contributed by atoms with Crippen LogP contribution in [0.3, 0.4) is 0 Å². The minimum atomic E-state index is -3.69. The van der Waals surface area contributed by atoms with Crippen LogP contribution in [-0.2, 0) is 14.6 Å². The fourth-order valence-corrected chi connectivity index (χ4v) is 1.92. The van der Waals surface area contributed by atoms with Gasteiger partial charge in [0, 0.05) is 11.8 Å². The Balaban J connectivity index is 3.53. The smallest absolute Gasteiger partial charge is 0.183 e. The Morgan fingerprint density at radius 3 is 2.33 bits per heavy atom. The Bertz CT molecular complexity index is 518. The third-order valence-corrected chi connectivity index (χ3v) is 4.14. The molecular formula is C10H10FNO2S. The molecule has 0 aliphatic rings. The van der Waals surface area contributed by atoms with E-state index in [1.54, 1.807) is 6.07 Å². The maximum Gasteiger partial charge on any atom is 0.183 e. The van der Waals surface area contributed by atoms with Crippen LogP contribution in [0.5, 0.6) is 0 Å². The van der Waals surface area contributed by atoms with Gasteiger partial charge in [-0.2, -0.15) is 5.26 Å². The van der Waals surface area contributed by atoms with Crippen LogP contribution < -0.4 is 0 Å². The number of nitriles is 1. The third-order valence-electron chi connectivity index (χ3n) is 2.34. The number of rotatable bonds is 2. The average Bonchev–Trinajstić information content (AvgIpc) is 2.15. The van der Waals surface area contributed by atoms with Crippen molar-refractivity contribution in [3.8, 4) is 6.07 Å². The summed E-state index contributed by atoms with van der Waals surface area (Å²) >= 11 is 0. The van der Waals surface area contributed by atoms with Crippen molar-refractivity contribution in [1.29, 1.82) is 5.26 Å². The second-order valence-electron chi connectivity index (χ2n) is 3.40. The molecule has 80 valence electrons. The quantitative estimate of drug-likeness (QED) is 0.771. The summed E-state index contributed by atoms with van der Waals surface area (Å²) in [5.41, 5.74) is -0.116. The molecule has 3 nitrogen and oxygen atoms in total. The van der Waals surface area contributed by atoms with Crippen LogP contribution in [-0.4, -0.2) is 14.7 Å². The summed E-state index contributed by atoms with van der Waals surface area (Å²) in [4.78, 5) is 0. The van der Waals surface area contributed by atoms with E-state index >= 15 is 0 Å². The van der Waals surface area contributed by atoms with Crippen molar-refractivity contribution in [1.82, 2.24) is 0 Å². The van der Waals surface area contributed by atoms with E-state index in [9.17, 15) is 12.8 Å². The first-order valence-corrected chi connectivity index (χ1v) is 6.08. The van der Waals surface area contributed by atoms with Crippen LogP contribution in [0.15, 0.2) is 24.3 Å². The van der Waals surface area contributed by atoms with Gasteiger partial charge in [0.1, 0.15) is 5.82 Å². The van der Waals surface area contributed by atoms with E-state index in [-0.39, 0.29) is 5.56 Å². The molecule has 0 aliphatic carbocycles. The summed E-state index contributed by atoms with van der Waals surface area (Å²) in [6, 6.07) is 7.03. The Labute approximate surface area is 88.1 Å². The molecule has 0 amide bonds. The molecule has 0 aromatic heterocycles. The highest BCUT2D eigenvalue weighted by molar-refractivity contribution is 7.91. The van der Waals surface area contributed by atoms with Gasteiger partial charge in [-0.25, -0.2) is 12.8 Å². The van der Waals surface area contributed by atoms with Crippen molar-refractivity contribution in [2.24, 2.45) is 0 Å².